The van der Waals surface area contributed by atoms with Crippen molar-refractivity contribution in [2.75, 3.05) is 31.1 Å². The fourth-order valence-corrected chi connectivity index (χ4v) is 2.87. The molecule has 1 fully saturated rings. The molecule has 0 bridgehead atoms. The van der Waals surface area contributed by atoms with Gasteiger partial charge in [-0.25, -0.2) is 0 Å². The van der Waals surface area contributed by atoms with Crippen molar-refractivity contribution >= 4 is 53.1 Å². The average Bonchev–Trinajstić information content (AvgIpc) is 2.89. The Balaban J connectivity index is 0.000001000. The lowest BCUT2D eigenvalue weighted by molar-refractivity contribution is 0.588. The Labute approximate surface area is 139 Å². The van der Waals surface area contributed by atoms with Gasteiger partial charge in [-0.3, -0.25) is 0 Å². The standard InChI is InChI=1S/C12H13ClN4S.2ClH/c13-10-3-1-2-9(8-10)11-15-12(18-16-11)17-6-4-14-5-7-17;;/h1-3,8,14H,4-7H2;2*1H. The van der Waals surface area contributed by atoms with Crippen molar-refractivity contribution in [3.05, 3.63) is 29.3 Å². The van der Waals surface area contributed by atoms with Crippen molar-refractivity contribution in [2.45, 2.75) is 0 Å². The minimum atomic E-state index is 0. The molecule has 8 heteroatoms. The first kappa shape index (κ1) is 17.5. The molecule has 3 rings (SSSR count). The third-order valence-electron chi connectivity index (χ3n) is 2.89. The lowest BCUT2D eigenvalue weighted by Gasteiger charge is -2.26. The van der Waals surface area contributed by atoms with Crippen molar-refractivity contribution in [3.8, 4) is 11.4 Å². The van der Waals surface area contributed by atoms with E-state index < -0.39 is 0 Å². The Morgan fingerprint density at radius 3 is 2.65 bits per heavy atom. The fourth-order valence-electron chi connectivity index (χ4n) is 1.94. The molecule has 1 N–H and O–H groups in total. The van der Waals surface area contributed by atoms with Crippen LogP contribution in [0.15, 0.2) is 24.3 Å². The summed E-state index contributed by atoms with van der Waals surface area (Å²) in [6, 6.07) is 7.65. The summed E-state index contributed by atoms with van der Waals surface area (Å²) in [5, 5.41) is 5.03. The number of nitrogens with zero attached hydrogens (tertiary/aromatic N) is 3. The Bertz CT molecular complexity index is 543. The fraction of sp³-hybridized carbons (Fsp3) is 0.333. The second-order valence-electron chi connectivity index (χ2n) is 4.15. The van der Waals surface area contributed by atoms with Crippen molar-refractivity contribution < 1.29 is 0 Å². The molecular weight excluding hydrogens is 339 g/mol. The molecule has 2 aromatic rings. The molecular formula is C12H15Cl3N4S. The van der Waals surface area contributed by atoms with Crippen LogP contribution in [0.25, 0.3) is 11.4 Å². The summed E-state index contributed by atoms with van der Waals surface area (Å²) in [5.41, 5.74) is 0.972. The highest BCUT2D eigenvalue weighted by molar-refractivity contribution is 7.09. The number of anilines is 1. The van der Waals surface area contributed by atoms with Crippen LogP contribution in [0, 0.1) is 0 Å². The first-order valence-corrected chi connectivity index (χ1v) is 7.03. The van der Waals surface area contributed by atoms with Crippen molar-refractivity contribution in [1.82, 2.24) is 14.7 Å². The van der Waals surface area contributed by atoms with Crippen LogP contribution >= 0.6 is 47.9 Å². The smallest absolute Gasteiger partial charge is 0.205 e. The van der Waals surface area contributed by atoms with Crippen molar-refractivity contribution in [1.29, 1.82) is 0 Å². The van der Waals surface area contributed by atoms with Crippen molar-refractivity contribution in [2.24, 2.45) is 0 Å². The topological polar surface area (TPSA) is 41.1 Å². The van der Waals surface area contributed by atoms with E-state index in [0.29, 0.717) is 5.02 Å². The third-order valence-corrected chi connectivity index (χ3v) is 3.90. The number of piperazine rings is 1. The molecule has 1 saturated heterocycles. The van der Waals surface area contributed by atoms with Gasteiger partial charge in [-0.15, -0.1) is 24.8 Å². The first-order chi connectivity index (χ1) is 8.83. The van der Waals surface area contributed by atoms with Gasteiger partial charge in [0.05, 0.1) is 0 Å². The van der Waals surface area contributed by atoms with E-state index in [4.69, 9.17) is 11.6 Å². The molecule has 0 unspecified atom stereocenters. The van der Waals surface area contributed by atoms with E-state index in [9.17, 15) is 0 Å². The van der Waals surface area contributed by atoms with Gasteiger partial charge in [-0.1, -0.05) is 23.7 Å². The monoisotopic (exact) mass is 352 g/mol. The molecule has 0 spiro atoms. The van der Waals surface area contributed by atoms with E-state index in [1.54, 1.807) is 0 Å². The maximum Gasteiger partial charge on any atom is 0.205 e. The predicted octanol–water partition coefficient (Wildman–Crippen LogP) is 3.11. The highest BCUT2D eigenvalue weighted by atomic mass is 35.5. The normalized spacial score (nSPS) is 14.3. The first-order valence-electron chi connectivity index (χ1n) is 5.88. The van der Waals surface area contributed by atoms with Gasteiger partial charge < -0.3 is 10.2 Å². The highest BCUT2D eigenvalue weighted by Gasteiger charge is 2.15. The number of rotatable bonds is 2. The molecule has 2 heterocycles. The molecule has 4 nitrogen and oxygen atoms in total. The number of nitrogens with one attached hydrogen (secondary N) is 1. The summed E-state index contributed by atoms with van der Waals surface area (Å²) < 4.78 is 4.41. The third kappa shape index (κ3) is 3.96. The number of hydrogen-bond donors (Lipinski definition) is 1. The van der Waals surface area contributed by atoms with Crippen LogP contribution in [-0.2, 0) is 0 Å². The van der Waals surface area contributed by atoms with E-state index in [0.717, 1.165) is 42.7 Å². The SMILES string of the molecule is Cl.Cl.Clc1cccc(-c2nsc(N3CCNCC3)n2)c1. The van der Waals surface area contributed by atoms with E-state index in [2.05, 4.69) is 19.6 Å². The molecule has 0 amide bonds. The van der Waals surface area contributed by atoms with Crippen LogP contribution in [0.4, 0.5) is 5.13 Å². The molecule has 1 aromatic carbocycles. The summed E-state index contributed by atoms with van der Waals surface area (Å²) in [4.78, 5) is 6.86. The van der Waals surface area contributed by atoms with Gasteiger partial charge >= 0.3 is 0 Å². The maximum absolute atomic E-state index is 5.98. The second-order valence-corrected chi connectivity index (χ2v) is 5.31. The highest BCUT2D eigenvalue weighted by Crippen LogP contribution is 2.25. The number of halogens is 3. The van der Waals surface area contributed by atoms with Crippen LogP contribution in [-0.4, -0.2) is 35.5 Å². The summed E-state index contributed by atoms with van der Waals surface area (Å²) in [6.07, 6.45) is 0. The minimum absolute atomic E-state index is 0. The predicted molar refractivity (Wildman–Crippen MR) is 89.9 cm³/mol. The van der Waals surface area contributed by atoms with Crippen molar-refractivity contribution in [3.63, 3.8) is 0 Å². The summed E-state index contributed by atoms with van der Waals surface area (Å²) >= 11 is 7.43. The maximum atomic E-state index is 5.98. The van der Waals surface area contributed by atoms with Gasteiger partial charge in [-0.2, -0.15) is 9.36 Å². The number of benzene rings is 1. The molecule has 1 aromatic heterocycles. The van der Waals surface area contributed by atoms with Crippen LogP contribution in [0.5, 0.6) is 0 Å². The average molecular weight is 354 g/mol. The van der Waals surface area contributed by atoms with Gasteiger partial charge in [0.15, 0.2) is 5.82 Å². The Morgan fingerprint density at radius 1 is 1.20 bits per heavy atom. The summed E-state index contributed by atoms with van der Waals surface area (Å²) in [6.45, 7) is 3.99. The zero-order chi connectivity index (χ0) is 12.4. The molecule has 1 aliphatic heterocycles. The zero-order valence-corrected chi connectivity index (χ0v) is 13.8. The van der Waals surface area contributed by atoms with Gasteiger partial charge in [0.2, 0.25) is 5.13 Å². The Morgan fingerprint density at radius 2 is 1.95 bits per heavy atom. The van der Waals surface area contributed by atoms with E-state index in [-0.39, 0.29) is 24.8 Å². The van der Waals surface area contributed by atoms with Crippen LogP contribution in [0.2, 0.25) is 5.02 Å². The Kier molecular flexibility index (Phi) is 6.99. The van der Waals surface area contributed by atoms with E-state index >= 15 is 0 Å². The molecule has 0 aliphatic carbocycles. The Hall–Kier alpha value is -0.590. The quantitative estimate of drug-likeness (QED) is 0.900. The minimum Gasteiger partial charge on any atom is -0.344 e. The molecule has 1 aliphatic rings. The van der Waals surface area contributed by atoms with Gasteiger partial charge in [-0.05, 0) is 12.1 Å². The summed E-state index contributed by atoms with van der Waals surface area (Å²) in [5.74, 6) is 0.760. The van der Waals surface area contributed by atoms with Gasteiger partial charge in [0.25, 0.3) is 0 Å². The molecule has 20 heavy (non-hydrogen) atoms. The second kappa shape index (κ2) is 8.00. The summed E-state index contributed by atoms with van der Waals surface area (Å²) in [7, 11) is 0. The van der Waals surface area contributed by atoms with Crippen LogP contribution in [0.1, 0.15) is 0 Å². The van der Waals surface area contributed by atoms with Gasteiger partial charge in [0, 0.05) is 48.3 Å². The van der Waals surface area contributed by atoms with Gasteiger partial charge in [0.1, 0.15) is 0 Å². The van der Waals surface area contributed by atoms with E-state index in [1.807, 2.05) is 24.3 Å². The lowest BCUT2D eigenvalue weighted by Crippen LogP contribution is -2.43. The molecule has 0 saturated carbocycles. The zero-order valence-electron chi connectivity index (χ0n) is 10.6. The number of hydrogen-bond acceptors (Lipinski definition) is 5. The van der Waals surface area contributed by atoms with Crippen LogP contribution < -0.4 is 10.2 Å². The van der Waals surface area contributed by atoms with Crippen LogP contribution in [0.3, 0.4) is 0 Å². The largest absolute Gasteiger partial charge is 0.344 e. The molecule has 0 radical (unpaired) electrons. The van der Waals surface area contributed by atoms with E-state index in [1.165, 1.54) is 11.5 Å². The molecule has 110 valence electrons. The lowest BCUT2D eigenvalue weighted by atomic mass is 10.2. The molecule has 0 atom stereocenters. The number of aromatic nitrogens is 2.